The number of nitrogens with zero attached hydrogens (tertiary/aromatic N) is 2. The van der Waals surface area contributed by atoms with Crippen molar-refractivity contribution in [2.24, 2.45) is 7.05 Å². The van der Waals surface area contributed by atoms with Gasteiger partial charge in [-0.05, 0) is 55.3 Å². The van der Waals surface area contributed by atoms with Crippen LogP contribution in [0.3, 0.4) is 0 Å². The molecule has 3 heteroatoms. The summed E-state index contributed by atoms with van der Waals surface area (Å²) in [4.78, 5) is 4.41. The second-order valence-corrected chi connectivity index (χ2v) is 6.86. The number of rotatable bonds is 1. The van der Waals surface area contributed by atoms with Gasteiger partial charge in [-0.15, -0.1) is 0 Å². The van der Waals surface area contributed by atoms with Gasteiger partial charge in [0.15, 0.2) is 5.58 Å². The van der Waals surface area contributed by atoms with Crippen molar-refractivity contribution in [1.82, 2.24) is 4.98 Å². The lowest BCUT2D eigenvalue weighted by molar-refractivity contribution is -0.633. The fourth-order valence-corrected chi connectivity index (χ4v) is 3.88. The van der Waals surface area contributed by atoms with Gasteiger partial charge in [-0.2, -0.15) is 4.57 Å². The number of para-hydroxylation sites is 1. The summed E-state index contributed by atoms with van der Waals surface area (Å²) in [6.07, 6.45) is 1.78. The second kappa shape index (κ2) is 5.40. The van der Waals surface area contributed by atoms with Crippen LogP contribution in [0, 0.1) is 13.8 Å². The molecule has 0 unspecified atom stereocenters. The van der Waals surface area contributed by atoms with Crippen molar-refractivity contribution in [2.45, 2.75) is 13.8 Å². The molecule has 3 heterocycles. The minimum atomic E-state index is 0.692. The zero-order chi connectivity index (χ0) is 17.8. The third kappa shape index (κ3) is 2.00. The Morgan fingerprint density at radius 3 is 2.65 bits per heavy atom. The summed E-state index contributed by atoms with van der Waals surface area (Å²) >= 11 is 0. The van der Waals surface area contributed by atoms with Crippen LogP contribution in [-0.2, 0) is 7.05 Å². The van der Waals surface area contributed by atoms with E-state index in [1.807, 2.05) is 6.07 Å². The van der Waals surface area contributed by atoms with Crippen LogP contribution >= 0.6 is 0 Å². The first-order chi connectivity index (χ1) is 12.6. The number of furan rings is 1. The molecule has 0 spiro atoms. The molecule has 3 nitrogen and oxygen atoms in total. The van der Waals surface area contributed by atoms with E-state index in [4.69, 9.17) is 4.42 Å². The van der Waals surface area contributed by atoms with E-state index in [2.05, 4.69) is 79.0 Å². The largest absolute Gasteiger partial charge is 0.437 e. The summed E-state index contributed by atoms with van der Waals surface area (Å²) < 4.78 is 8.46. The third-order valence-electron chi connectivity index (χ3n) is 5.40. The van der Waals surface area contributed by atoms with Crippen LogP contribution in [0.1, 0.15) is 11.1 Å². The molecule has 5 rings (SSSR count). The highest BCUT2D eigenvalue weighted by Crippen LogP contribution is 2.38. The lowest BCUT2D eigenvalue weighted by Crippen LogP contribution is -2.32. The zero-order valence-corrected chi connectivity index (χ0v) is 15.1. The molecule has 126 valence electrons. The highest BCUT2D eigenvalue weighted by atomic mass is 16.3. The van der Waals surface area contributed by atoms with Gasteiger partial charge < -0.3 is 4.42 Å². The Hall–Kier alpha value is -3.20. The zero-order valence-electron chi connectivity index (χ0n) is 15.1. The summed E-state index contributed by atoms with van der Waals surface area (Å²) in [5.74, 6) is 0. The standard InChI is InChI=1S/C23H19N2O/c1-14-13-18-17-8-6-12-24-23(17)26-22(18)21(15(14)2)20-11-10-16-7-4-5-9-19(16)25(20)3/h4-13H,1-3H3/q+1. The molecular weight excluding hydrogens is 320 g/mol. The van der Waals surface area contributed by atoms with E-state index >= 15 is 0 Å². The Morgan fingerprint density at radius 1 is 0.923 bits per heavy atom. The van der Waals surface area contributed by atoms with Gasteiger partial charge in [0, 0.05) is 34.5 Å². The first-order valence-corrected chi connectivity index (χ1v) is 8.81. The van der Waals surface area contributed by atoms with E-state index in [9.17, 15) is 0 Å². The van der Waals surface area contributed by atoms with E-state index in [-0.39, 0.29) is 0 Å². The number of fused-ring (bicyclic) bond motifs is 4. The summed E-state index contributed by atoms with van der Waals surface area (Å²) in [6, 6.07) is 19.1. The quantitative estimate of drug-likeness (QED) is 0.391. The molecule has 2 aromatic carbocycles. The predicted octanol–water partition coefficient (Wildman–Crippen LogP) is 5.24. The van der Waals surface area contributed by atoms with Crippen molar-refractivity contribution in [2.75, 3.05) is 0 Å². The molecule has 0 bridgehead atoms. The van der Waals surface area contributed by atoms with Gasteiger partial charge >= 0.3 is 0 Å². The highest BCUT2D eigenvalue weighted by Gasteiger charge is 2.23. The van der Waals surface area contributed by atoms with Gasteiger partial charge in [-0.1, -0.05) is 12.1 Å². The average Bonchev–Trinajstić information content (AvgIpc) is 3.02. The maximum atomic E-state index is 6.22. The molecule has 26 heavy (non-hydrogen) atoms. The van der Waals surface area contributed by atoms with Crippen LogP contribution in [0.2, 0.25) is 0 Å². The number of aromatic nitrogens is 2. The fraction of sp³-hybridized carbons (Fsp3) is 0.130. The van der Waals surface area contributed by atoms with E-state index < -0.39 is 0 Å². The molecule has 0 amide bonds. The molecule has 0 atom stereocenters. The minimum absolute atomic E-state index is 0.692. The first kappa shape index (κ1) is 15.1. The first-order valence-electron chi connectivity index (χ1n) is 8.81. The number of hydrogen-bond acceptors (Lipinski definition) is 2. The van der Waals surface area contributed by atoms with E-state index in [1.54, 1.807) is 6.20 Å². The molecule has 0 aliphatic carbocycles. The monoisotopic (exact) mass is 339 g/mol. The molecule has 0 radical (unpaired) electrons. The SMILES string of the molecule is Cc1cc2c(oc3ncccc32)c(-c2ccc3ccccc3[n+]2C)c1C. The van der Waals surface area contributed by atoms with Crippen molar-refractivity contribution >= 4 is 33.0 Å². The van der Waals surface area contributed by atoms with Gasteiger partial charge in [-0.25, -0.2) is 4.98 Å². The Labute approximate surface area is 151 Å². The van der Waals surface area contributed by atoms with Crippen LogP contribution < -0.4 is 4.57 Å². The Morgan fingerprint density at radius 2 is 1.77 bits per heavy atom. The van der Waals surface area contributed by atoms with E-state index in [0.717, 1.165) is 27.6 Å². The lowest BCUT2D eigenvalue weighted by atomic mass is 9.96. The molecule has 0 aliphatic heterocycles. The molecule has 3 aromatic heterocycles. The second-order valence-electron chi connectivity index (χ2n) is 6.86. The number of hydrogen-bond donors (Lipinski definition) is 0. The van der Waals surface area contributed by atoms with Crippen LogP contribution in [0.5, 0.6) is 0 Å². The minimum Gasteiger partial charge on any atom is -0.437 e. The van der Waals surface area contributed by atoms with E-state index in [1.165, 1.54) is 22.0 Å². The molecule has 0 saturated heterocycles. The topological polar surface area (TPSA) is 29.9 Å². The maximum absolute atomic E-state index is 6.22. The molecule has 0 saturated carbocycles. The predicted molar refractivity (Wildman–Crippen MR) is 105 cm³/mol. The normalized spacial score (nSPS) is 11.7. The Bertz CT molecular complexity index is 1310. The molecule has 0 fully saturated rings. The smallest absolute Gasteiger partial charge is 0.227 e. The van der Waals surface area contributed by atoms with Crippen LogP contribution in [0.25, 0.3) is 44.2 Å². The summed E-state index contributed by atoms with van der Waals surface area (Å²) in [6.45, 7) is 4.33. The summed E-state index contributed by atoms with van der Waals surface area (Å²) in [5.41, 5.74) is 7.59. The molecule has 0 N–H and O–H groups in total. The Kier molecular flexibility index (Phi) is 3.13. The van der Waals surface area contributed by atoms with Gasteiger partial charge in [0.2, 0.25) is 16.9 Å². The maximum Gasteiger partial charge on any atom is 0.227 e. The highest BCUT2D eigenvalue weighted by molar-refractivity contribution is 6.09. The molecular formula is C23H19N2O+. The van der Waals surface area contributed by atoms with Crippen molar-refractivity contribution in [1.29, 1.82) is 0 Å². The number of pyridine rings is 2. The third-order valence-corrected chi connectivity index (χ3v) is 5.40. The fourth-order valence-electron chi connectivity index (χ4n) is 3.88. The van der Waals surface area contributed by atoms with Gasteiger partial charge in [0.05, 0.1) is 5.56 Å². The van der Waals surface area contributed by atoms with E-state index in [0.29, 0.717) is 5.71 Å². The average molecular weight is 339 g/mol. The van der Waals surface area contributed by atoms with Crippen LogP contribution in [0.15, 0.2) is 65.2 Å². The number of benzene rings is 2. The summed E-state index contributed by atoms with van der Waals surface area (Å²) in [5, 5.41) is 3.42. The number of aryl methyl sites for hydroxylation is 2. The van der Waals surface area contributed by atoms with Gasteiger partial charge in [0.25, 0.3) is 0 Å². The molecule has 5 aromatic rings. The summed E-state index contributed by atoms with van der Waals surface area (Å²) in [7, 11) is 2.12. The van der Waals surface area contributed by atoms with Crippen molar-refractivity contribution < 1.29 is 8.98 Å². The Balaban J connectivity index is 1.95. The van der Waals surface area contributed by atoms with Gasteiger partial charge in [0.1, 0.15) is 7.05 Å². The van der Waals surface area contributed by atoms with Crippen molar-refractivity contribution in [3.8, 4) is 11.3 Å². The molecule has 0 aliphatic rings. The van der Waals surface area contributed by atoms with Crippen molar-refractivity contribution in [3.63, 3.8) is 0 Å². The van der Waals surface area contributed by atoms with Crippen LogP contribution in [0.4, 0.5) is 0 Å². The lowest BCUT2D eigenvalue weighted by Gasteiger charge is -2.09. The van der Waals surface area contributed by atoms with Crippen molar-refractivity contribution in [3.05, 3.63) is 71.9 Å². The van der Waals surface area contributed by atoms with Crippen LogP contribution in [-0.4, -0.2) is 4.98 Å². The van der Waals surface area contributed by atoms with Gasteiger partial charge in [-0.3, -0.25) is 0 Å².